The molecule has 2 aliphatic heterocycles. The minimum atomic E-state index is -1.82. The summed E-state index contributed by atoms with van der Waals surface area (Å²) in [7, 11) is -0.150. The van der Waals surface area contributed by atoms with Gasteiger partial charge in [0.2, 0.25) is 0 Å². The highest BCUT2D eigenvalue weighted by Crippen LogP contribution is 2.37. The van der Waals surface area contributed by atoms with Crippen molar-refractivity contribution < 1.29 is 28.1 Å². The minimum absolute atomic E-state index is 0.0190. The normalized spacial score (nSPS) is 27.2. The molecule has 9 heteroatoms. The van der Waals surface area contributed by atoms with E-state index in [0.29, 0.717) is 39.0 Å². The van der Waals surface area contributed by atoms with Crippen LogP contribution in [-0.2, 0) is 30.0 Å². The standard InChI is InChI=1S/C20H34N2O6Si/c1-20(2,3)29(5,6)28-11-14-7-8-21-19(22-14)25-10-9-24-16-13-27-17-15(23-4)12-26-18(16)17/h7-8,15-18H,9-13H2,1-6H3/t15-,16-,17-,18-/m1/s1. The third-order valence-electron chi connectivity index (χ3n) is 5.99. The molecule has 2 aliphatic rings. The smallest absolute Gasteiger partial charge is 0.316 e. The van der Waals surface area contributed by atoms with Gasteiger partial charge in [0.25, 0.3) is 0 Å². The number of methoxy groups -OCH3 is 1. The topological polar surface area (TPSA) is 81.2 Å². The Morgan fingerprint density at radius 3 is 2.48 bits per heavy atom. The fourth-order valence-electron chi connectivity index (χ4n) is 3.10. The maximum absolute atomic E-state index is 6.22. The predicted molar refractivity (Wildman–Crippen MR) is 110 cm³/mol. The first-order valence-electron chi connectivity index (χ1n) is 10.2. The van der Waals surface area contributed by atoms with Crippen LogP contribution in [0.5, 0.6) is 6.01 Å². The Bertz CT molecular complexity index is 669. The fraction of sp³-hybridized carbons (Fsp3) is 0.800. The summed E-state index contributed by atoms with van der Waals surface area (Å²) in [5.41, 5.74) is 0.817. The summed E-state index contributed by atoms with van der Waals surface area (Å²) >= 11 is 0. The van der Waals surface area contributed by atoms with Gasteiger partial charge < -0.3 is 28.1 Å². The van der Waals surface area contributed by atoms with Crippen LogP contribution in [0.15, 0.2) is 12.3 Å². The molecule has 0 saturated carbocycles. The van der Waals surface area contributed by atoms with Crippen molar-refractivity contribution in [1.29, 1.82) is 0 Å². The Labute approximate surface area is 174 Å². The molecule has 0 aromatic carbocycles. The molecule has 0 N–H and O–H groups in total. The molecule has 4 atom stereocenters. The van der Waals surface area contributed by atoms with Gasteiger partial charge in [0, 0.05) is 13.3 Å². The lowest BCUT2D eigenvalue weighted by molar-refractivity contribution is -0.0477. The van der Waals surface area contributed by atoms with Crippen LogP contribution in [0.4, 0.5) is 0 Å². The van der Waals surface area contributed by atoms with Gasteiger partial charge in [-0.05, 0) is 24.2 Å². The number of hydrogen-bond acceptors (Lipinski definition) is 8. The third-order valence-corrected chi connectivity index (χ3v) is 10.5. The van der Waals surface area contributed by atoms with Crippen LogP contribution >= 0.6 is 0 Å². The first kappa shape index (κ1) is 22.6. The Kier molecular flexibility index (Phi) is 7.29. The summed E-state index contributed by atoms with van der Waals surface area (Å²) < 4.78 is 34.6. The average molecular weight is 427 g/mol. The Morgan fingerprint density at radius 2 is 1.79 bits per heavy atom. The number of hydrogen-bond donors (Lipinski definition) is 0. The molecule has 0 unspecified atom stereocenters. The largest absolute Gasteiger partial charge is 0.461 e. The van der Waals surface area contributed by atoms with Crippen molar-refractivity contribution in [2.24, 2.45) is 0 Å². The quantitative estimate of drug-likeness (QED) is 0.440. The van der Waals surface area contributed by atoms with Gasteiger partial charge in [-0.2, -0.15) is 4.98 Å². The summed E-state index contributed by atoms with van der Waals surface area (Å²) in [4.78, 5) is 8.62. The zero-order chi connectivity index (χ0) is 21.1. The Hall–Kier alpha value is -1.10. The molecular formula is C20H34N2O6Si. The number of aromatic nitrogens is 2. The van der Waals surface area contributed by atoms with E-state index >= 15 is 0 Å². The van der Waals surface area contributed by atoms with E-state index in [1.807, 2.05) is 6.07 Å². The number of fused-ring (bicyclic) bond motifs is 1. The van der Waals surface area contributed by atoms with Crippen molar-refractivity contribution in [3.63, 3.8) is 0 Å². The van der Waals surface area contributed by atoms with Gasteiger partial charge in [-0.1, -0.05) is 20.8 Å². The summed E-state index contributed by atoms with van der Waals surface area (Å²) in [5, 5.41) is 0.159. The molecular weight excluding hydrogens is 392 g/mol. The molecule has 1 aromatic heterocycles. The van der Waals surface area contributed by atoms with Gasteiger partial charge in [-0.3, -0.25) is 0 Å². The van der Waals surface area contributed by atoms with Crippen molar-refractivity contribution >= 4 is 8.32 Å². The zero-order valence-electron chi connectivity index (χ0n) is 18.3. The van der Waals surface area contributed by atoms with Gasteiger partial charge in [0.15, 0.2) is 8.32 Å². The van der Waals surface area contributed by atoms with Gasteiger partial charge in [0.05, 0.1) is 32.1 Å². The van der Waals surface area contributed by atoms with E-state index in [-0.39, 0.29) is 29.5 Å². The van der Waals surface area contributed by atoms with E-state index < -0.39 is 8.32 Å². The van der Waals surface area contributed by atoms with Crippen LogP contribution in [-0.4, -0.2) is 76.2 Å². The molecule has 2 saturated heterocycles. The van der Waals surface area contributed by atoms with Crippen molar-refractivity contribution in [2.75, 3.05) is 33.5 Å². The van der Waals surface area contributed by atoms with Crippen molar-refractivity contribution in [3.05, 3.63) is 18.0 Å². The lowest BCUT2D eigenvalue weighted by Gasteiger charge is -2.36. The Morgan fingerprint density at radius 1 is 1.10 bits per heavy atom. The van der Waals surface area contributed by atoms with Crippen LogP contribution in [0, 0.1) is 0 Å². The molecule has 3 heterocycles. The van der Waals surface area contributed by atoms with Crippen LogP contribution in [0.3, 0.4) is 0 Å². The number of rotatable bonds is 9. The SMILES string of the molecule is CO[C@@H]1CO[C@H]2[C@@H]1OC[C@H]2OCCOc1nccc(CO[Si](C)(C)C(C)(C)C)n1. The highest BCUT2D eigenvalue weighted by molar-refractivity contribution is 6.74. The van der Waals surface area contributed by atoms with Crippen LogP contribution in [0.1, 0.15) is 26.5 Å². The third kappa shape index (κ3) is 5.53. The summed E-state index contributed by atoms with van der Waals surface area (Å²) in [6.07, 6.45) is 1.45. The van der Waals surface area contributed by atoms with Crippen molar-refractivity contribution in [3.8, 4) is 6.01 Å². The molecule has 2 fully saturated rings. The molecule has 0 aliphatic carbocycles. The fourth-order valence-corrected chi connectivity index (χ4v) is 4.05. The van der Waals surface area contributed by atoms with Gasteiger partial charge in [0.1, 0.15) is 31.0 Å². The van der Waals surface area contributed by atoms with Crippen LogP contribution in [0.25, 0.3) is 0 Å². The van der Waals surface area contributed by atoms with E-state index in [0.717, 1.165) is 5.69 Å². The van der Waals surface area contributed by atoms with Crippen LogP contribution in [0.2, 0.25) is 18.1 Å². The lowest BCUT2D eigenvalue weighted by atomic mass is 10.1. The van der Waals surface area contributed by atoms with E-state index in [2.05, 4.69) is 43.8 Å². The maximum atomic E-state index is 6.22. The molecule has 0 radical (unpaired) electrons. The average Bonchev–Trinajstić information content (AvgIpc) is 3.25. The first-order chi connectivity index (χ1) is 13.7. The zero-order valence-corrected chi connectivity index (χ0v) is 19.3. The molecule has 8 nitrogen and oxygen atoms in total. The van der Waals surface area contributed by atoms with E-state index in [1.54, 1.807) is 13.3 Å². The molecule has 0 bridgehead atoms. The summed E-state index contributed by atoms with van der Waals surface area (Å²) in [6, 6.07) is 2.19. The second kappa shape index (κ2) is 9.36. The van der Waals surface area contributed by atoms with Crippen molar-refractivity contribution in [2.45, 2.75) is 69.9 Å². The Balaban J connectivity index is 1.41. The monoisotopic (exact) mass is 426 g/mol. The second-order valence-corrected chi connectivity index (χ2v) is 13.8. The first-order valence-corrected chi connectivity index (χ1v) is 13.1. The number of ether oxygens (including phenoxy) is 5. The molecule has 1 aromatic rings. The molecule has 3 rings (SSSR count). The highest BCUT2D eigenvalue weighted by atomic mass is 28.4. The second-order valence-electron chi connectivity index (χ2n) is 9.01. The maximum Gasteiger partial charge on any atom is 0.316 e. The summed E-state index contributed by atoms with van der Waals surface area (Å²) in [5.74, 6) is 0. The van der Waals surface area contributed by atoms with Gasteiger partial charge >= 0.3 is 6.01 Å². The van der Waals surface area contributed by atoms with Gasteiger partial charge in [-0.15, -0.1) is 0 Å². The number of nitrogens with zero attached hydrogens (tertiary/aromatic N) is 2. The molecule has 164 valence electrons. The molecule has 0 spiro atoms. The predicted octanol–water partition coefficient (Wildman–Crippen LogP) is 2.58. The minimum Gasteiger partial charge on any atom is -0.461 e. The summed E-state index contributed by atoms with van der Waals surface area (Å²) in [6.45, 7) is 13.4. The van der Waals surface area contributed by atoms with E-state index in [9.17, 15) is 0 Å². The van der Waals surface area contributed by atoms with E-state index in [4.69, 9.17) is 28.1 Å². The van der Waals surface area contributed by atoms with Crippen LogP contribution < -0.4 is 4.74 Å². The lowest BCUT2D eigenvalue weighted by Crippen LogP contribution is -2.40. The van der Waals surface area contributed by atoms with Crippen molar-refractivity contribution in [1.82, 2.24) is 9.97 Å². The molecule has 29 heavy (non-hydrogen) atoms. The van der Waals surface area contributed by atoms with Gasteiger partial charge in [-0.25, -0.2) is 4.98 Å². The molecule has 0 amide bonds. The highest BCUT2D eigenvalue weighted by Gasteiger charge is 2.48. The van der Waals surface area contributed by atoms with E-state index in [1.165, 1.54) is 0 Å².